The summed E-state index contributed by atoms with van der Waals surface area (Å²) in [7, 11) is 0. The molecule has 2 fully saturated rings. The van der Waals surface area contributed by atoms with Crippen LogP contribution >= 0.6 is 11.6 Å². The average Bonchev–Trinajstić information content (AvgIpc) is 3.22. The number of hydrogen-bond donors (Lipinski definition) is 0. The first-order chi connectivity index (χ1) is 18.1. The van der Waals surface area contributed by atoms with Crippen molar-refractivity contribution in [1.82, 2.24) is 9.80 Å². The number of benzene rings is 3. The number of fused-ring (bicyclic) bond motifs is 5. The minimum Gasteiger partial charge on any atom is -0.445 e. The standard InChI is InChI=1S/C30H30ClN3O3/c31-24-8-4-7-23(17-24)29(35)33-15-13-32(14-16-33)25-9-10-26-22-11-12-34(28(18-22)27(26)19-25)30(36)37-20-21-5-2-1-3-6-21/h1-10,17,19,22,28H,11-16,18,20H2/t22-,28?/m1/s1. The summed E-state index contributed by atoms with van der Waals surface area (Å²) in [6, 6.07) is 23.7. The Hall–Kier alpha value is -3.51. The predicted molar refractivity (Wildman–Crippen MR) is 144 cm³/mol. The Morgan fingerprint density at radius 3 is 2.46 bits per heavy atom. The highest BCUT2D eigenvalue weighted by Gasteiger charge is 2.41. The molecule has 190 valence electrons. The van der Waals surface area contributed by atoms with Crippen molar-refractivity contribution in [2.45, 2.75) is 31.4 Å². The maximum absolute atomic E-state index is 13.0. The SMILES string of the molecule is O=C(c1cccc(Cl)c1)N1CCN(c2ccc3c(c2)C2C[C@H]3CCN2C(=O)OCc2ccccc2)CC1. The molecular weight excluding hydrogens is 486 g/mol. The van der Waals surface area contributed by atoms with Crippen molar-refractivity contribution >= 4 is 29.3 Å². The number of amides is 2. The van der Waals surface area contributed by atoms with E-state index in [9.17, 15) is 9.59 Å². The van der Waals surface area contributed by atoms with Crippen molar-refractivity contribution in [1.29, 1.82) is 0 Å². The van der Waals surface area contributed by atoms with Crippen LogP contribution in [-0.4, -0.2) is 54.5 Å². The molecule has 2 atom stereocenters. The molecule has 0 aromatic heterocycles. The molecule has 0 saturated carbocycles. The molecule has 6 nitrogen and oxygen atoms in total. The van der Waals surface area contributed by atoms with Gasteiger partial charge in [-0.15, -0.1) is 0 Å². The number of piperazine rings is 1. The third kappa shape index (κ3) is 4.78. The van der Waals surface area contributed by atoms with Crippen LogP contribution in [0.2, 0.25) is 5.02 Å². The van der Waals surface area contributed by atoms with Gasteiger partial charge in [0.05, 0.1) is 6.04 Å². The van der Waals surface area contributed by atoms with E-state index in [-0.39, 0.29) is 24.6 Å². The van der Waals surface area contributed by atoms with E-state index in [4.69, 9.17) is 16.3 Å². The Labute approximate surface area is 222 Å². The molecule has 37 heavy (non-hydrogen) atoms. The fourth-order valence-electron chi connectivity index (χ4n) is 5.95. The van der Waals surface area contributed by atoms with Gasteiger partial charge < -0.3 is 19.4 Å². The first-order valence-corrected chi connectivity index (χ1v) is 13.4. The van der Waals surface area contributed by atoms with E-state index in [1.807, 2.05) is 52.3 Å². The number of hydrogen-bond acceptors (Lipinski definition) is 4. The number of carbonyl (C=O) groups excluding carboxylic acids is 2. The van der Waals surface area contributed by atoms with E-state index in [1.54, 1.807) is 12.1 Å². The zero-order valence-corrected chi connectivity index (χ0v) is 21.4. The Morgan fingerprint density at radius 2 is 1.68 bits per heavy atom. The van der Waals surface area contributed by atoms with Gasteiger partial charge >= 0.3 is 6.09 Å². The van der Waals surface area contributed by atoms with Gasteiger partial charge in [0.2, 0.25) is 0 Å². The van der Waals surface area contributed by atoms with Crippen LogP contribution in [0.3, 0.4) is 0 Å². The Bertz CT molecular complexity index is 1310. The molecule has 2 saturated heterocycles. The summed E-state index contributed by atoms with van der Waals surface area (Å²) in [5, 5.41) is 0.575. The number of piperidine rings is 1. The summed E-state index contributed by atoms with van der Waals surface area (Å²) < 4.78 is 5.69. The predicted octanol–water partition coefficient (Wildman–Crippen LogP) is 5.87. The lowest BCUT2D eigenvalue weighted by molar-refractivity contribution is 0.0694. The number of ether oxygens (including phenoxy) is 1. The quantitative estimate of drug-likeness (QED) is 0.436. The van der Waals surface area contributed by atoms with Crippen molar-refractivity contribution in [3.8, 4) is 0 Å². The number of halogens is 1. The molecule has 0 N–H and O–H groups in total. The van der Waals surface area contributed by atoms with Crippen LogP contribution in [0.4, 0.5) is 10.5 Å². The zero-order valence-electron chi connectivity index (χ0n) is 20.7. The minimum absolute atomic E-state index is 0.0227. The lowest BCUT2D eigenvalue weighted by atomic mass is 9.96. The van der Waals surface area contributed by atoms with Gasteiger partial charge in [-0.05, 0) is 65.8 Å². The summed E-state index contributed by atoms with van der Waals surface area (Å²) in [5.74, 6) is 0.522. The molecule has 7 heteroatoms. The molecule has 3 aliphatic rings. The molecule has 2 heterocycles. The van der Waals surface area contributed by atoms with Gasteiger partial charge in [0.1, 0.15) is 6.61 Å². The summed E-state index contributed by atoms with van der Waals surface area (Å²) >= 11 is 6.08. The van der Waals surface area contributed by atoms with Gasteiger partial charge in [-0.2, -0.15) is 0 Å². The smallest absolute Gasteiger partial charge is 0.410 e. The van der Waals surface area contributed by atoms with Gasteiger partial charge in [-0.25, -0.2) is 4.79 Å². The van der Waals surface area contributed by atoms with Gasteiger partial charge in [-0.1, -0.05) is 54.1 Å². The molecule has 1 unspecified atom stereocenters. The molecule has 2 bridgehead atoms. The second-order valence-electron chi connectivity index (χ2n) is 10.1. The number of carbonyl (C=O) groups is 2. The minimum atomic E-state index is -0.237. The molecule has 3 aromatic carbocycles. The third-order valence-corrected chi connectivity index (χ3v) is 8.15. The van der Waals surface area contributed by atoms with Crippen molar-refractivity contribution in [3.05, 3.63) is 100 Å². The van der Waals surface area contributed by atoms with Crippen molar-refractivity contribution < 1.29 is 14.3 Å². The number of rotatable bonds is 4. The highest BCUT2D eigenvalue weighted by Crippen LogP contribution is 2.50. The number of likely N-dealkylation sites (tertiary alicyclic amines) is 1. The van der Waals surface area contributed by atoms with Crippen LogP contribution < -0.4 is 4.90 Å². The van der Waals surface area contributed by atoms with E-state index < -0.39 is 0 Å². The topological polar surface area (TPSA) is 53.1 Å². The van der Waals surface area contributed by atoms with Gasteiger partial charge in [0.15, 0.2) is 0 Å². The van der Waals surface area contributed by atoms with Crippen LogP contribution in [0.1, 0.15) is 51.8 Å². The first kappa shape index (κ1) is 23.9. The summed E-state index contributed by atoms with van der Waals surface area (Å²) in [6.07, 6.45) is 1.69. The molecule has 2 aliphatic heterocycles. The van der Waals surface area contributed by atoms with E-state index in [0.717, 1.165) is 43.7 Å². The molecule has 1 aliphatic carbocycles. The van der Waals surface area contributed by atoms with Crippen LogP contribution in [0.15, 0.2) is 72.8 Å². The molecular formula is C30H30ClN3O3. The molecule has 2 amide bonds. The summed E-state index contributed by atoms with van der Waals surface area (Å²) in [4.78, 5) is 32.1. The van der Waals surface area contributed by atoms with E-state index in [0.29, 0.717) is 29.6 Å². The maximum atomic E-state index is 13.0. The third-order valence-electron chi connectivity index (χ3n) is 7.91. The fourth-order valence-corrected chi connectivity index (χ4v) is 6.14. The largest absolute Gasteiger partial charge is 0.445 e. The molecule has 0 spiro atoms. The number of nitrogens with zero attached hydrogens (tertiary/aromatic N) is 3. The van der Waals surface area contributed by atoms with Crippen LogP contribution in [-0.2, 0) is 11.3 Å². The van der Waals surface area contributed by atoms with Crippen LogP contribution in [0.25, 0.3) is 0 Å². The van der Waals surface area contributed by atoms with Crippen LogP contribution in [0.5, 0.6) is 0 Å². The van der Waals surface area contributed by atoms with Gasteiger partial charge in [0.25, 0.3) is 5.91 Å². The second kappa shape index (κ2) is 10.1. The van der Waals surface area contributed by atoms with Crippen molar-refractivity contribution in [2.75, 3.05) is 37.6 Å². The second-order valence-corrected chi connectivity index (χ2v) is 10.5. The normalized spacial score (nSPS) is 20.5. The molecule has 3 aromatic rings. The monoisotopic (exact) mass is 515 g/mol. The highest BCUT2D eigenvalue weighted by atomic mass is 35.5. The summed E-state index contributed by atoms with van der Waals surface area (Å²) in [5.41, 5.74) is 5.38. The van der Waals surface area contributed by atoms with E-state index in [2.05, 4.69) is 23.1 Å². The fraction of sp³-hybridized carbons (Fsp3) is 0.333. The average molecular weight is 516 g/mol. The zero-order chi connectivity index (χ0) is 25.4. The lowest BCUT2D eigenvalue weighted by Gasteiger charge is -2.36. The van der Waals surface area contributed by atoms with Gasteiger partial charge in [0, 0.05) is 49.0 Å². The molecule has 6 rings (SSSR count). The Morgan fingerprint density at radius 1 is 0.865 bits per heavy atom. The molecule has 0 radical (unpaired) electrons. The first-order valence-electron chi connectivity index (χ1n) is 13.0. The van der Waals surface area contributed by atoms with E-state index >= 15 is 0 Å². The Kier molecular flexibility index (Phi) is 6.51. The Balaban J connectivity index is 1.12. The van der Waals surface area contributed by atoms with E-state index in [1.165, 1.54) is 11.1 Å². The van der Waals surface area contributed by atoms with Gasteiger partial charge in [-0.3, -0.25) is 4.79 Å². The van der Waals surface area contributed by atoms with Crippen LogP contribution in [0, 0.1) is 0 Å². The maximum Gasteiger partial charge on any atom is 0.410 e. The number of anilines is 1. The van der Waals surface area contributed by atoms with Crippen molar-refractivity contribution in [3.63, 3.8) is 0 Å². The summed E-state index contributed by atoms with van der Waals surface area (Å²) in [6.45, 7) is 3.86. The highest BCUT2D eigenvalue weighted by molar-refractivity contribution is 6.30. The lowest BCUT2D eigenvalue weighted by Crippen LogP contribution is -2.48. The van der Waals surface area contributed by atoms with Crippen molar-refractivity contribution in [2.24, 2.45) is 0 Å².